The molecule has 2 aromatic heterocycles. The van der Waals surface area contributed by atoms with Crippen LogP contribution in [0.15, 0.2) is 82.1 Å². The summed E-state index contributed by atoms with van der Waals surface area (Å²) in [5.41, 5.74) is 0.821. The normalized spacial score (nSPS) is 11.0. The van der Waals surface area contributed by atoms with Crippen LogP contribution in [0.25, 0.3) is 15.9 Å². The minimum absolute atomic E-state index is 0.0181. The molecule has 27 heavy (non-hydrogen) atoms. The van der Waals surface area contributed by atoms with Gasteiger partial charge < -0.3 is 4.74 Å². The molecule has 0 aliphatic heterocycles. The van der Waals surface area contributed by atoms with Crippen LogP contribution < -0.4 is 10.3 Å². The monoisotopic (exact) mass is 394 g/mol. The van der Waals surface area contributed by atoms with Crippen LogP contribution in [0, 0.1) is 0 Å². The number of aromatic nitrogens is 2. The van der Waals surface area contributed by atoms with E-state index in [0.29, 0.717) is 12.0 Å². The Hall–Kier alpha value is -2.57. The van der Waals surface area contributed by atoms with E-state index in [9.17, 15) is 4.79 Å². The van der Waals surface area contributed by atoms with Crippen LogP contribution in [0.1, 0.15) is 6.42 Å². The second-order valence-electron chi connectivity index (χ2n) is 5.87. The maximum Gasteiger partial charge on any atom is 0.267 e. The van der Waals surface area contributed by atoms with Crippen LogP contribution in [-0.4, -0.2) is 21.9 Å². The molecule has 0 atom stereocenters. The molecule has 0 amide bonds. The van der Waals surface area contributed by atoms with Gasteiger partial charge in [-0.15, -0.1) is 11.3 Å². The number of thiophene rings is 1. The molecule has 0 saturated heterocycles. The predicted octanol–water partition coefficient (Wildman–Crippen LogP) is 5.01. The largest absolute Gasteiger partial charge is 0.494 e. The van der Waals surface area contributed by atoms with E-state index >= 15 is 0 Å². The minimum Gasteiger partial charge on any atom is -0.494 e. The Labute approximate surface area is 165 Å². The molecule has 0 fully saturated rings. The zero-order chi connectivity index (χ0) is 18.5. The van der Waals surface area contributed by atoms with Gasteiger partial charge in [0.05, 0.1) is 17.7 Å². The van der Waals surface area contributed by atoms with Crippen LogP contribution >= 0.6 is 23.1 Å². The number of hydrogen-bond acceptors (Lipinski definition) is 5. The van der Waals surface area contributed by atoms with E-state index in [0.717, 1.165) is 33.6 Å². The molecule has 0 spiro atoms. The van der Waals surface area contributed by atoms with Crippen LogP contribution in [0.5, 0.6) is 5.75 Å². The van der Waals surface area contributed by atoms with E-state index in [1.807, 2.05) is 72.1 Å². The highest BCUT2D eigenvalue weighted by atomic mass is 32.2. The molecule has 0 aliphatic carbocycles. The van der Waals surface area contributed by atoms with E-state index in [-0.39, 0.29) is 5.56 Å². The SMILES string of the molecule is O=c1c2ccsc2nc(SCCCOc2ccccc2)n1-c1ccccc1. The van der Waals surface area contributed by atoms with E-state index < -0.39 is 0 Å². The van der Waals surface area contributed by atoms with Crippen molar-refractivity contribution >= 4 is 33.3 Å². The second kappa shape index (κ2) is 8.41. The van der Waals surface area contributed by atoms with Crippen molar-refractivity contribution in [2.45, 2.75) is 11.6 Å². The van der Waals surface area contributed by atoms with E-state index in [1.54, 1.807) is 16.3 Å². The molecular formula is C21H18N2O2S2. The van der Waals surface area contributed by atoms with E-state index in [2.05, 4.69) is 0 Å². The molecule has 136 valence electrons. The number of fused-ring (bicyclic) bond motifs is 1. The number of nitrogens with zero attached hydrogens (tertiary/aromatic N) is 2. The summed E-state index contributed by atoms with van der Waals surface area (Å²) in [6.45, 7) is 0.633. The molecule has 0 aliphatic rings. The van der Waals surface area contributed by atoms with Crippen molar-refractivity contribution in [1.82, 2.24) is 9.55 Å². The van der Waals surface area contributed by atoms with Crippen LogP contribution in [-0.2, 0) is 0 Å². The van der Waals surface area contributed by atoms with E-state index in [1.165, 1.54) is 11.3 Å². The first-order valence-electron chi connectivity index (χ1n) is 8.69. The third-order valence-electron chi connectivity index (χ3n) is 4.01. The highest BCUT2D eigenvalue weighted by molar-refractivity contribution is 7.99. The van der Waals surface area contributed by atoms with Crippen molar-refractivity contribution in [3.63, 3.8) is 0 Å². The molecule has 0 radical (unpaired) electrons. The summed E-state index contributed by atoms with van der Waals surface area (Å²) in [5.74, 6) is 1.70. The maximum absolute atomic E-state index is 13.0. The molecular weight excluding hydrogens is 376 g/mol. The standard InChI is InChI=1S/C21H18N2O2S2/c24-20-18-12-15-26-19(18)22-21(23(20)16-8-3-1-4-9-16)27-14-7-13-25-17-10-5-2-6-11-17/h1-6,8-12,15H,7,13-14H2. The maximum atomic E-state index is 13.0. The van der Waals surface area contributed by atoms with Gasteiger partial charge in [-0.1, -0.05) is 48.2 Å². The molecule has 2 aromatic carbocycles. The Kier molecular flexibility index (Phi) is 5.55. The zero-order valence-electron chi connectivity index (χ0n) is 14.6. The van der Waals surface area contributed by atoms with Crippen LogP contribution in [0.4, 0.5) is 0 Å². The first-order valence-corrected chi connectivity index (χ1v) is 10.6. The fourth-order valence-corrected chi connectivity index (χ4v) is 4.46. The smallest absolute Gasteiger partial charge is 0.267 e. The van der Waals surface area contributed by atoms with Gasteiger partial charge in [0.1, 0.15) is 10.6 Å². The number of benzene rings is 2. The molecule has 0 bridgehead atoms. The fraction of sp³-hybridized carbons (Fsp3) is 0.143. The second-order valence-corrected chi connectivity index (χ2v) is 7.83. The molecule has 0 saturated carbocycles. The summed E-state index contributed by atoms with van der Waals surface area (Å²) in [6.07, 6.45) is 0.868. The number of para-hydroxylation sites is 2. The fourth-order valence-electron chi connectivity index (χ4n) is 2.73. The third-order valence-corrected chi connectivity index (χ3v) is 5.84. The molecule has 0 unspecified atom stereocenters. The van der Waals surface area contributed by atoms with Crippen LogP contribution in [0.3, 0.4) is 0 Å². The predicted molar refractivity (Wildman–Crippen MR) is 112 cm³/mol. The van der Waals surface area contributed by atoms with Gasteiger partial charge in [0.25, 0.3) is 5.56 Å². The average molecular weight is 395 g/mol. The van der Waals surface area contributed by atoms with Gasteiger partial charge >= 0.3 is 0 Å². The lowest BCUT2D eigenvalue weighted by Gasteiger charge is -2.12. The highest BCUT2D eigenvalue weighted by Gasteiger charge is 2.13. The average Bonchev–Trinajstić information content (AvgIpc) is 3.18. The highest BCUT2D eigenvalue weighted by Crippen LogP contribution is 2.24. The summed E-state index contributed by atoms with van der Waals surface area (Å²) in [4.78, 5) is 18.5. The quantitative estimate of drug-likeness (QED) is 0.251. The minimum atomic E-state index is -0.0181. The number of hydrogen-bond donors (Lipinski definition) is 0. The van der Waals surface area contributed by atoms with Crippen molar-refractivity contribution in [2.24, 2.45) is 0 Å². The summed E-state index contributed by atoms with van der Waals surface area (Å²) >= 11 is 3.09. The Balaban J connectivity index is 1.51. The molecule has 0 N–H and O–H groups in total. The van der Waals surface area contributed by atoms with Gasteiger partial charge in [-0.05, 0) is 42.1 Å². The molecule has 4 aromatic rings. The molecule has 6 heteroatoms. The summed E-state index contributed by atoms with van der Waals surface area (Å²) in [7, 11) is 0. The van der Waals surface area contributed by atoms with Crippen molar-refractivity contribution in [3.05, 3.63) is 82.5 Å². The third kappa shape index (κ3) is 4.07. The Morgan fingerprint density at radius 2 is 1.74 bits per heavy atom. The lowest BCUT2D eigenvalue weighted by molar-refractivity contribution is 0.318. The van der Waals surface area contributed by atoms with Crippen molar-refractivity contribution in [3.8, 4) is 11.4 Å². The summed E-state index contributed by atoms with van der Waals surface area (Å²) < 4.78 is 7.45. The van der Waals surface area contributed by atoms with Crippen LogP contribution in [0.2, 0.25) is 0 Å². The Morgan fingerprint density at radius 3 is 2.52 bits per heavy atom. The van der Waals surface area contributed by atoms with Crippen molar-refractivity contribution < 1.29 is 4.74 Å². The van der Waals surface area contributed by atoms with Gasteiger partial charge in [0.15, 0.2) is 5.16 Å². The van der Waals surface area contributed by atoms with Gasteiger partial charge in [-0.3, -0.25) is 9.36 Å². The Morgan fingerprint density at radius 1 is 1.00 bits per heavy atom. The number of rotatable bonds is 7. The lowest BCUT2D eigenvalue weighted by Crippen LogP contribution is -2.21. The Bertz CT molecular complexity index is 1080. The van der Waals surface area contributed by atoms with Gasteiger partial charge in [-0.25, -0.2) is 4.98 Å². The first kappa shape index (κ1) is 17.8. The lowest BCUT2D eigenvalue weighted by atomic mass is 10.3. The zero-order valence-corrected chi connectivity index (χ0v) is 16.2. The van der Waals surface area contributed by atoms with Gasteiger partial charge in [-0.2, -0.15) is 0 Å². The molecule has 2 heterocycles. The summed E-state index contributed by atoms with van der Waals surface area (Å²) in [5, 5.41) is 3.30. The van der Waals surface area contributed by atoms with Gasteiger partial charge in [0, 0.05) is 5.75 Å². The number of ether oxygens (including phenoxy) is 1. The van der Waals surface area contributed by atoms with Crippen molar-refractivity contribution in [1.29, 1.82) is 0 Å². The topological polar surface area (TPSA) is 44.1 Å². The number of thioether (sulfide) groups is 1. The summed E-state index contributed by atoms with van der Waals surface area (Å²) in [6, 6.07) is 21.3. The van der Waals surface area contributed by atoms with E-state index in [4.69, 9.17) is 9.72 Å². The van der Waals surface area contributed by atoms with Crippen molar-refractivity contribution in [2.75, 3.05) is 12.4 Å². The first-order chi connectivity index (χ1) is 13.3. The van der Waals surface area contributed by atoms with Gasteiger partial charge in [0.2, 0.25) is 0 Å². The molecule has 4 nitrogen and oxygen atoms in total. The molecule has 4 rings (SSSR count).